The SMILES string of the molecule is CC[C@H](Oc1cccc(OC)c1)C(=O)NCc1nc(-c2cccc(C)c2)no1. The molecule has 1 heterocycles. The van der Waals surface area contributed by atoms with Gasteiger partial charge >= 0.3 is 0 Å². The summed E-state index contributed by atoms with van der Waals surface area (Å²) < 4.78 is 16.2. The summed E-state index contributed by atoms with van der Waals surface area (Å²) in [5.41, 5.74) is 1.98. The normalized spacial score (nSPS) is 11.7. The smallest absolute Gasteiger partial charge is 0.261 e. The maximum Gasteiger partial charge on any atom is 0.261 e. The van der Waals surface area contributed by atoms with Gasteiger partial charge in [0.2, 0.25) is 11.7 Å². The molecular weight excluding hydrogens is 358 g/mol. The van der Waals surface area contributed by atoms with Crippen LogP contribution in [0.1, 0.15) is 24.8 Å². The van der Waals surface area contributed by atoms with Crippen molar-refractivity contribution in [2.24, 2.45) is 0 Å². The van der Waals surface area contributed by atoms with Gasteiger partial charge in [-0.15, -0.1) is 0 Å². The molecule has 0 unspecified atom stereocenters. The number of ether oxygens (including phenoxy) is 2. The zero-order valence-electron chi connectivity index (χ0n) is 16.1. The molecule has 28 heavy (non-hydrogen) atoms. The lowest BCUT2D eigenvalue weighted by Crippen LogP contribution is -2.37. The van der Waals surface area contributed by atoms with E-state index in [1.807, 2.05) is 50.2 Å². The molecule has 7 heteroatoms. The number of carbonyl (C=O) groups is 1. The standard InChI is InChI=1S/C21H23N3O4/c1-4-18(27-17-10-6-9-16(12-17)26-3)21(25)22-13-19-23-20(24-28-19)15-8-5-7-14(2)11-15/h5-12,18H,4,13H2,1-3H3,(H,22,25)/t18-/m0/s1. The molecule has 7 nitrogen and oxygen atoms in total. The summed E-state index contributed by atoms with van der Waals surface area (Å²) in [5.74, 6) is 1.82. The number of carbonyl (C=O) groups excluding carboxylic acids is 1. The molecule has 0 aliphatic carbocycles. The van der Waals surface area contributed by atoms with E-state index in [-0.39, 0.29) is 12.5 Å². The Hall–Kier alpha value is -3.35. The molecule has 1 amide bonds. The van der Waals surface area contributed by atoms with E-state index in [1.165, 1.54) is 0 Å². The van der Waals surface area contributed by atoms with Crippen molar-refractivity contribution in [2.45, 2.75) is 32.9 Å². The van der Waals surface area contributed by atoms with Crippen molar-refractivity contribution in [3.05, 3.63) is 60.0 Å². The predicted molar refractivity (Wildman–Crippen MR) is 104 cm³/mol. The highest BCUT2D eigenvalue weighted by Crippen LogP contribution is 2.21. The molecule has 0 bridgehead atoms. The number of hydrogen-bond acceptors (Lipinski definition) is 6. The minimum Gasteiger partial charge on any atom is -0.497 e. The molecule has 3 rings (SSSR count). The van der Waals surface area contributed by atoms with Crippen LogP contribution in [0.15, 0.2) is 53.1 Å². The van der Waals surface area contributed by atoms with Gasteiger partial charge in [0.25, 0.3) is 5.91 Å². The molecule has 0 spiro atoms. The highest BCUT2D eigenvalue weighted by molar-refractivity contribution is 5.81. The topological polar surface area (TPSA) is 86.5 Å². The zero-order valence-corrected chi connectivity index (χ0v) is 16.1. The number of benzene rings is 2. The van der Waals surface area contributed by atoms with Crippen LogP contribution >= 0.6 is 0 Å². The summed E-state index contributed by atoms with van der Waals surface area (Å²) in [6, 6.07) is 15.0. The first-order valence-corrected chi connectivity index (χ1v) is 9.07. The molecule has 0 fully saturated rings. The predicted octanol–water partition coefficient (Wildman–Crippen LogP) is 3.53. The number of aryl methyl sites for hydroxylation is 1. The maximum absolute atomic E-state index is 12.5. The highest BCUT2D eigenvalue weighted by atomic mass is 16.5. The van der Waals surface area contributed by atoms with Crippen LogP contribution in [0.3, 0.4) is 0 Å². The van der Waals surface area contributed by atoms with E-state index in [1.54, 1.807) is 19.2 Å². The molecular formula is C21H23N3O4. The number of aromatic nitrogens is 2. The van der Waals surface area contributed by atoms with Crippen LogP contribution in [0.5, 0.6) is 11.5 Å². The van der Waals surface area contributed by atoms with Gasteiger partial charge in [0.05, 0.1) is 13.7 Å². The molecule has 2 aromatic carbocycles. The number of rotatable bonds is 8. The molecule has 1 N–H and O–H groups in total. The number of methoxy groups -OCH3 is 1. The van der Waals surface area contributed by atoms with E-state index in [9.17, 15) is 4.79 Å². The summed E-state index contributed by atoms with van der Waals surface area (Å²) in [7, 11) is 1.58. The molecule has 1 atom stereocenters. The minimum atomic E-state index is -0.633. The van der Waals surface area contributed by atoms with Gasteiger partial charge < -0.3 is 19.3 Å². The lowest BCUT2D eigenvalue weighted by Gasteiger charge is -2.17. The monoisotopic (exact) mass is 381 g/mol. The van der Waals surface area contributed by atoms with Crippen molar-refractivity contribution in [2.75, 3.05) is 7.11 Å². The Morgan fingerprint density at radius 3 is 2.71 bits per heavy atom. The molecule has 0 saturated heterocycles. The fourth-order valence-corrected chi connectivity index (χ4v) is 2.67. The molecule has 0 aliphatic heterocycles. The Morgan fingerprint density at radius 1 is 1.18 bits per heavy atom. The van der Waals surface area contributed by atoms with Crippen LogP contribution in [0.4, 0.5) is 0 Å². The van der Waals surface area contributed by atoms with Crippen LogP contribution < -0.4 is 14.8 Å². The first kappa shape index (κ1) is 19.4. The summed E-state index contributed by atoms with van der Waals surface area (Å²) in [5, 5.41) is 6.76. The Morgan fingerprint density at radius 2 is 1.96 bits per heavy atom. The molecule has 0 saturated carbocycles. The van der Waals surface area contributed by atoms with Gasteiger partial charge in [-0.1, -0.05) is 41.9 Å². The summed E-state index contributed by atoms with van der Waals surface area (Å²) >= 11 is 0. The van der Waals surface area contributed by atoms with Crippen molar-refractivity contribution >= 4 is 5.91 Å². The average Bonchev–Trinajstić information content (AvgIpc) is 3.19. The third-order valence-corrected chi connectivity index (χ3v) is 4.14. The minimum absolute atomic E-state index is 0.135. The van der Waals surface area contributed by atoms with Crippen molar-refractivity contribution in [3.8, 4) is 22.9 Å². The van der Waals surface area contributed by atoms with E-state index in [0.717, 1.165) is 11.1 Å². The molecule has 0 radical (unpaired) electrons. The van der Waals surface area contributed by atoms with E-state index in [4.69, 9.17) is 14.0 Å². The summed E-state index contributed by atoms with van der Waals surface area (Å²) in [6.07, 6.45) is -0.118. The first-order valence-electron chi connectivity index (χ1n) is 9.07. The van der Waals surface area contributed by atoms with Gasteiger partial charge in [-0.2, -0.15) is 4.98 Å². The van der Waals surface area contributed by atoms with Gasteiger partial charge in [-0.3, -0.25) is 4.79 Å². The Kier molecular flexibility index (Phi) is 6.26. The van der Waals surface area contributed by atoms with Gasteiger partial charge in [0.15, 0.2) is 6.10 Å². The van der Waals surface area contributed by atoms with Crippen molar-refractivity contribution < 1.29 is 18.8 Å². The van der Waals surface area contributed by atoms with E-state index in [2.05, 4.69) is 15.5 Å². The van der Waals surface area contributed by atoms with Crippen molar-refractivity contribution in [1.82, 2.24) is 15.5 Å². The highest BCUT2D eigenvalue weighted by Gasteiger charge is 2.19. The fraction of sp³-hybridized carbons (Fsp3) is 0.286. The number of nitrogens with one attached hydrogen (secondary N) is 1. The van der Waals surface area contributed by atoms with Crippen LogP contribution in [0.25, 0.3) is 11.4 Å². The Balaban J connectivity index is 1.59. The average molecular weight is 381 g/mol. The van der Waals surface area contributed by atoms with Crippen LogP contribution in [0.2, 0.25) is 0 Å². The molecule has 146 valence electrons. The van der Waals surface area contributed by atoms with Gasteiger partial charge in [-0.05, 0) is 31.5 Å². The lowest BCUT2D eigenvalue weighted by atomic mass is 10.1. The van der Waals surface area contributed by atoms with Crippen LogP contribution in [-0.4, -0.2) is 29.3 Å². The fourth-order valence-electron chi connectivity index (χ4n) is 2.67. The maximum atomic E-state index is 12.5. The van der Waals surface area contributed by atoms with Gasteiger partial charge in [-0.25, -0.2) is 0 Å². The Labute approximate surface area is 163 Å². The number of nitrogens with zero attached hydrogens (tertiary/aromatic N) is 2. The van der Waals surface area contributed by atoms with Crippen molar-refractivity contribution in [3.63, 3.8) is 0 Å². The van der Waals surface area contributed by atoms with Crippen LogP contribution in [0, 0.1) is 6.92 Å². The van der Waals surface area contributed by atoms with Gasteiger partial charge in [0.1, 0.15) is 11.5 Å². The summed E-state index contributed by atoms with van der Waals surface area (Å²) in [4.78, 5) is 16.8. The zero-order chi connectivity index (χ0) is 19.9. The number of amides is 1. The molecule has 1 aromatic heterocycles. The number of hydrogen-bond donors (Lipinski definition) is 1. The second kappa shape index (κ2) is 9.03. The van der Waals surface area contributed by atoms with E-state index >= 15 is 0 Å². The largest absolute Gasteiger partial charge is 0.497 e. The van der Waals surface area contributed by atoms with Crippen LogP contribution in [-0.2, 0) is 11.3 Å². The quantitative estimate of drug-likeness (QED) is 0.642. The second-order valence-corrected chi connectivity index (χ2v) is 6.29. The third-order valence-electron chi connectivity index (χ3n) is 4.14. The third kappa shape index (κ3) is 4.88. The summed E-state index contributed by atoms with van der Waals surface area (Å²) in [6.45, 7) is 4.01. The molecule has 3 aromatic rings. The van der Waals surface area contributed by atoms with E-state index in [0.29, 0.717) is 29.6 Å². The lowest BCUT2D eigenvalue weighted by molar-refractivity contribution is -0.128. The first-order chi connectivity index (χ1) is 13.6. The second-order valence-electron chi connectivity index (χ2n) is 6.29. The molecule has 0 aliphatic rings. The van der Waals surface area contributed by atoms with E-state index < -0.39 is 6.10 Å². The Bertz CT molecular complexity index is 939. The van der Waals surface area contributed by atoms with Crippen molar-refractivity contribution in [1.29, 1.82) is 0 Å². The van der Waals surface area contributed by atoms with Gasteiger partial charge in [0, 0.05) is 11.6 Å².